The third-order valence-corrected chi connectivity index (χ3v) is 3.21. The van der Waals surface area contributed by atoms with E-state index in [0.717, 1.165) is 6.54 Å². The zero-order valence-electron chi connectivity index (χ0n) is 11.1. The highest BCUT2D eigenvalue weighted by atomic mass is 16.3. The van der Waals surface area contributed by atoms with Crippen LogP contribution in [-0.4, -0.2) is 66.7 Å². The van der Waals surface area contributed by atoms with Gasteiger partial charge in [0.25, 0.3) is 0 Å². The van der Waals surface area contributed by atoms with Crippen LogP contribution in [0.1, 0.15) is 19.8 Å². The van der Waals surface area contributed by atoms with Crippen LogP contribution in [0.3, 0.4) is 0 Å². The maximum atomic E-state index is 12.1. The molecule has 0 saturated carbocycles. The molecule has 17 heavy (non-hydrogen) atoms. The Morgan fingerprint density at radius 3 is 2.76 bits per heavy atom. The van der Waals surface area contributed by atoms with Gasteiger partial charge in [-0.05, 0) is 33.0 Å². The number of nitrogens with zero attached hydrogens (tertiary/aromatic N) is 2. The molecule has 0 aromatic rings. The summed E-state index contributed by atoms with van der Waals surface area (Å²) in [6.45, 7) is 3.78. The van der Waals surface area contributed by atoms with Crippen LogP contribution < -0.4 is 5.73 Å². The molecule has 3 N–H and O–H groups in total. The molecule has 5 nitrogen and oxygen atoms in total. The molecule has 1 saturated heterocycles. The molecule has 0 spiro atoms. The lowest BCUT2D eigenvalue weighted by atomic mass is 10.1. The molecule has 1 heterocycles. The standard InChI is InChI=1S/C12H25N3O2/c1-9(6-13)4-12(17)15-8-11(16)5-10(15)7-14(2)3/h9-11,16H,4-8,13H2,1-3H3. The van der Waals surface area contributed by atoms with Gasteiger partial charge in [0.05, 0.1) is 6.10 Å². The van der Waals surface area contributed by atoms with Crippen molar-refractivity contribution in [1.29, 1.82) is 0 Å². The average molecular weight is 243 g/mol. The van der Waals surface area contributed by atoms with Crippen molar-refractivity contribution in [2.45, 2.75) is 31.9 Å². The number of likely N-dealkylation sites (N-methyl/N-ethyl adjacent to an activating group) is 1. The molecule has 1 aliphatic heterocycles. The second kappa shape index (κ2) is 6.33. The van der Waals surface area contributed by atoms with Crippen molar-refractivity contribution in [2.24, 2.45) is 11.7 Å². The third kappa shape index (κ3) is 4.26. The van der Waals surface area contributed by atoms with Gasteiger partial charge in [0.2, 0.25) is 5.91 Å². The summed E-state index contributed by atoms with van der Waals surface area (Å²) in [6, 6.07) is 0.137. The Labute approximate surface area is 104 Å². The number of hydrogen-bond acceptors (Lipinski definition) is 4. The molecule has 0 radical (unpaired) electrons. The molecular weight excluding hydrogens is 218 g/mol. The maximum Gasteiger partial charge on any atom is 0.223 e. The zero-order valence-corrected chi connectivity index (χ0v) is 11.1. The molecule has 5 heteroatoms. The molecule has 100 valence electrons. The monoisotopic (exact) mass is 243 g/mol. The number of hydrogen-bond donors (Lipinski definition) is 2. The number of aliphatic hydroxyl groups is 1. The molecule has 1 fully saturated rings. The first kappa shape index (κ1) is 14.4. The number of carbonyl (C=O) groups is 1. The van der Waals surface area contributed by atoms with Crippen LogP contribution in [0, 0.1) is 5.92 Å². The first-order valence-corrected chi connectivity index (χ1v) is 6.26. The topological polar surface area (TPSA) is 69.8 Å². The van der Waals surface area contributed by atoms with E-state index in [4.69, 9.17) is 5.73 Å². The number of amides is 1. The summed E-state index contributed by atoms with van der Waals surface area (Å²) < 4.78 is 0. The first-order chi connectivity index (χ1) is 7.93. The second-order valence-electron chi connectivity index (χ2n) is 5.40. The predicted molar refractivity (Wildman–Crippen MR) is 67.5 cm³/mol. The highest BCUT2D eigenvalue weighted by molar-refractivity contribution is 5.77. The largest absolute Gasteiger partial charge is 0.391 e. The van der Waals surface area contributed by atoms with E-state index >= 15 is 0 Å². The summed E-state index contributed by atoms with van der Waals surface area (Å²) in [4.78, 5) is 16.0. The SMILES string of the molecule is CC(CN)CC(=O)N1CC(O)CC1CN(C)C. The van der Waals surface area contributed by atoms with Crippen molar-refractivity contribution in [1.82, 2.24) is 9.80 Å². The van der Waals surface area contributed by atoms with Gasteiger partial charge >= 0.3 is 0 Å². The minimum absolute atomic E-state index is 0.117. The molecule has 1 rings (SSSR count). The first-order valence-electron chi connectivity index (χ1n) is 6.26. The number of nitrogens with two attached hydrogens (primary N) is 1. The highest BCUT2D eigenvalue weighted by Gasteiger charge is 2.34. The van der Waals surface area contributed by atoms with E-state index in [-0.39, 0.29) is 24.0 Å². The van der Waals surface area contributed by atoms with Gasteiger partial charge in [0.15, 0.2) is 0 Å². The van der Waals surface area contributed by atoms with E-state index in [1.54, 1.807) is 0 Å². The number of likely N-dealkylation sites (tertiary alicyclic amines) is 1. The van der Waals surface area contributed by atoms with E-state index in [9.17, 15) is 9.90 Å². The quantitative estimate of drug-likeness (QED) is 0.682. The number of rotatable bonds is 5. The summed E-state index contributed by atoms with van der Waals surface area (Å²) >= 11 is 0. The van der Waals surface area contributed by atoms with Gasteiger partial charge in [-0.1, -0.05) is 6.92 Å². The van der Waals surface area contributed by atoms with Crippen molar-refractivity contribution < 1.29 is 9.90 Å². The van der Waals surface area contributed by atoms with Crippen molar-refractivity contribution >= 4 is 5.91 Å². The lowest BCUT2D eigenvalue weighted by molar-refractivity contribution is -0.133. The Bertz CT molecular complexity index is 258. The van der Waals surface area contributed by atoms with Crippen LogP contribution in [-0.2, 0) is 4.79 Å². The van der Waals surface area contributed by atoms with Crippen LogP contribution in [0.2, 0.25) is 0 Å². The smallest absolute Gasteiger partial charge is 0.223 e. The van der Waals surface area contributed by atoms with Crippen LogP contribution >= 0.6 is 0 Å². The Kier molecular flexibility index (Phi) is 5.36. The number of β-amino-alcohol motifs (C(OH)–C–C–N with tert-alkyl or cyclic N) is 1. The fourth-order valence-electron chi connectivity index (χ4n) is 2.29. The van der Waals surface area contributed by atoms with Crippen LogP contribution in [0.5, 0.6) is 0 Å². The lowest BCUT2D eigenvalue weighted by Crippen LogP contribution is -2.42. The molecular formula is C12H25N3O2. The minimum Gasteiger partial charge on any atom is -0.391 e. The van der Waals surface area contributed by atoms with Gasteiger partial charge in [-0.15, -0.1) is 0 Å². The van der Waals surface area contributed by atoms with E-state index in [1.807, 2.05) is 25.9 Å². The fourth-order valence-corrected chi connectivity index (χ4v) is 2.29. The maximum absolute atomic E-state index is 12.1. The molecule has 0 aliphatic carbocycles. The summed E-state index contributed by atoms with van der Waals surface area (Å²) in [5, 5.41) is 9.69. The molecule has 3 unspecified atom stereocenters. The van der Waals surface area contributed by atoms with E-state index in [1.165, 1.54) is 0 Å². The van der Waals surface area contributed by atoms with Crippen molar-refractivity contribution in [3.63, 3.8) is 0 Å². The fraction of sp³-hybridized carbons (Fsp3) is 0.917. The summed E-state index contributed by atoms with van der Waals surface area (Å²) in [6.07, 6.45) is 0.783. The van der Waals surface area contributed by atoms with Crippen molar-refractivity contribution in [3.05, 3.63) is 0 Å². The Hall–Kier alpha value is -0.650. The van der Waals surface area contributed by atoms with E-state index in [0.29, 0.717) is 25.9 Å². The Morgan fingerprint density at radius 2 is 2.24 bits per heavy atom. The normalized spacial score (nSPS) is 26.6. The molecule has 0 aromatic carbocycles. The minimum atomic E-state index is -0.378. The van der Waals surface area contributed by atoms with E-state index < -0.39 is 0 Å². The molecule has 0 aromatic heterocycles. The zero-order chi connectivity index (χ0) is 13.0. The second-order valence-corrected chi connectivity index (χ2v) is 5.40. The van der Waals surface area contributed by atoms with Crippen molar-refractivity contribution in [2.75, 3.05) is 33.7 Å². The van der Waals surface area contributed by atoms with E-state index in [2.05, 4.69) is 4.90 Å². The van der Waals surface area contributed by atoms with Gasteiger partial charge < -0.3 is 20.6 Å². The summed E-state index contributed by atoms with van der Waals surface area (Å²) in [5.74, 6) is 0.326. The van der Waals surface area contributed by atoms with Crippen LogP contribution in [0.15, 0.2) is 0 Å². The number of carbonyl (C=O) groups excluding carboxylic acids is 1. The summed E-state index contributed by atoms with van der Waals surface area (Å²) in [7, 11) is 3.96. The average Bonchev–Trinajstić information content (AvgIpc) is 2.58. The Balaban J connectivity index is 2.57. The van der Waals surface area contributed by atoms with Gasteiger partial charge in [-0.3, -0.25) is 4.79 Å². The third-order valence-electron chi connectivity index (χ3n) is 3.21. The lowest BCUT2D eigenvalue weighted by Gasteiger charge is -2.27. The molecule has 1 amide bonds. The van der Waals surface area contributed by atoms with Gasteiger partial charge in [0, 0.05) is 25.6 Å². The predicted octanol–water partition coefficient (Wildman–Crippen LogP) is -0.505. The van der Waals surface area contributed by atoms with Crippen molar-refractivity contribution in [3.8, 4) is 0 Å². The Morgan fingerprint density at radius 1 is 1.59 bits per heavy atom. The molecule has 0 bridgehead atoms. The van der Waals surface area contributed by atoms with Crippen LogP contribution in [0.25, 0.3) is 0 Å². The number of aliphatic hydroxyl groups excluding tert-OH is 1. The molecule has 3 atom stereocenters. The van der Waals surface area contributed by atoms with Gasteiger partial charge in [-0.25, -0.2) is 0 Å². The summed E-state index contributed by atoms with van der Waals surface area (Å²) in [5.41, 5.74) is 5.53. The van der Waals surface area contributed by atoms with Gasteiger partial charge in [0.1, 0.15) is 0 Å². The van der Waals surface area contributed by atoms with Gasteiger partial charge in [-0.2, -0.15) is 0 Å². The molecule has 1 aliphatic rings. The highest BCUT2D eigenvalue weighted by Crippen LogP contribution is 2.20. The van der Waals surface area contributed by atoms with Crippen LogP contribution in [0.4, 0.5) is 0 Å².